The number of alkyl halides is 2. The Morgan fingerprint density at radius 1 is 1.56 bits per heavy atom. The van der Waals surface area contributed by atoms with Gasteiger partial charge in [0.2, 0.25) is 10.0 Å². The van der Waals surface area contributed by atoms with Gasteiger partial charge in [-0.25, -0.2) is 22.2 Å². The van der Waals surface area contributed by atoms with Crippen LogP contribution >= 0.6 is 0 Å². The maximum absolute atomic E-state index is 12.1. The van der Waals surface area contributed by atoms with E-state index in [0.717, 1.165) is 13.1 Å². The molecule has 8 heteroatoms. The van der Waals surface area contributed by atoms with E-state index in [9.17, 15) is 17.2 Å². The third-order valence-corrected chi connectivity index (χ3v) is 3.68. The van der Waals surface area contributed by atoms with Crippen LogP contribution in [0.25, 0.3) is 0 Å². The van der Waals surface area contributed by atoms with Gasteiger partial charge in [-0.2, -0.15) is 4.31 Å². The number of rotatable bonds is 4. The summed E-state index contributed by atoms with van der Waals surface area (Å²) in [5, 5.41) is 0. The lowest BCUT2D eigenvalue weighted by Gasteiger charge is -2.16. The highest BCUT2D eigenvalue weighted by Gasteiger charge is 2.23. The molecule has 0 saturated carbocycles. The molecule has 16 heavy (non-hydrogen) atoms. The summed E-state index contributed by atoms with van der Waals surface area (Å²) in [6.45, 7) is -0.857. The molecule has 0 aromatic carbocycles. The van der Waals surface area contributed by atoms with Crippen LogP contribution < -0.4 is 5.73 Å². The predicted octanol–water partition coefficient (Wildman–Crippen LogP) is 0.549. The zero-order chi connectivity index (χ0) is 12.3. The van der Waals surface area contributed by atoms with E-state index >= 15 is 0 Å². The third kappa shape index (κ3) is 2.86. The number of pyridine rings is 1. The molecule has 2 N–H and O–H groups in total. The standard InChI is InChI=1S/C8H11F2N3O2S/c1-13(5-7(9)10)16(14,15)6-2-3-12-8(11)4-6/h2-4,7H,5H2,1H3,(H2,11,12). The Morgan fingerprint density at radius 3 is 2.69 bits per heavy atom. The molecule has 0 spiro atoms. The minimum Gasteiger partial charge on any atom is -0.384 e. The van der Waals surface area contributed by atoms with Crippen LogP contribution in [0.5, 0.6) is 0 Å². The van der Waals surface area contributed by atoms with E-state index in [4.69, 9.17) is 5.73 Å². The van der Waals surface area contributed by atoms with Crippen molar-refractivity contribution in [3.05, 3.63) is 18.3 Å². The second-order valence-corrected chi connectivity index (χ2v) is 5.14. The molecule has 0 amide bonds. The molecule has 0 aliphatic rings. The van der Waals surface area contributed by atoms with Crippen molar-refractivity contribution in [2.75, 3.05) is 19.3 Å². The van der Waals surface area contributed by atoms with Gasteiger partial charge < -0.3 is 5.73 Å². The molecule has 90 valence electrons. The summed E-state index contributed by atoms with van der Waals surface area (Å²) < 4.78 is 48.2. The predicted molar refractivity (Wildman–Crippen MR) is 54.5 cm³/mol. The van der Waals surface area contributed by atoms with Crippen LogP contribution in [0.2, 0.25) is 0 Å². The Labute approximate surface area is 91.9 Å². The van der Waals surface area contributed by atoms with E-state index in [1.807, 2.05) is 0 Å². The first-order chi connectivity index (χ1) is 7.34. The van der Waals surface area contributed by atoms with E-state index in [0.29, 0.717) is 4.31 Å². The number of nitrogens with two attached hydrogens (primary N) is 1. The van der Waals surface area contributed by atoms with Crippen LogP contribution in [-0.4, -0.2) is 37.7 Å². The van der Waals surface area contributed by atoms with Crippen LogP contribution in [-0.2, 0) is 10.0 Å². The number of halogens is 2. The molecule has 0 bridgehead atoms. The van der Waals surface area contributed by atoms with E-state index in [1.54, 1.807) is 0 Å². The zero-order valence-electron chi connectivity index (χ0n) is 8.47. The highest BCUT2D eigenvalue weighted by atomic mass is 32.2. The van der Waals surface area contributed by atoms with Crippen LogP contribution in [0, 0.1) is 0 Å². The fraction of sp³-hybridized carbons (Fsp3) is 0.375. The van der Waals surface area contributed by atoms with E-state index in [2.05, 4.69) is 4.98 Å². The molecule has 0 saturated heterocycles. The summed E-state index contributed by atoms with van der Waals surface area (Å²) in [5.41, 5.74) is 5.31. The van der Waals surface area contributed by atoms with Crippen molar-refractivity contribution in [1.29, 1.82) is 0 Å². The average molecular weight is 251 g/mol. The average Bonchev–Trinajstić information content (AvgIpc) is 2.16. The van der Waals surface area contributed by atoms with E-state index in [1.165, 1.54) is 12.3 Å². The van der Waals surface area contributed by atoms with Gasteiger partial charge in [0, 0.05) is 19.3 Å². The summed E-state index contributed by atoms with van der Waals surface area (Å²) in [5.74, 6) is 0.0199. The monoisotopic (exact) mass is 251 g/mol. The van der Waals surface area contributed by atoms with Crippen molar-refractivity contribution in [3.63, 3.8) is 0 Å². The molecule has 0 fully saturated rings. The first kappa shape index (κ1) is 12.8. The van der Waals surface area contributed by atoms with Crippen LogP contribution in [0.1, 0.15) is 0 Å². The van der Waals surface area contributed by atoms with E-state index < -0.39 is 23.0 Å². The van der Waals surface area contributed by atoms with Crippen molar-refractivity contribution >= 4 is 15.8 Å². The molecule has 1 rings (SSSR count). The number of nitrogens with zero attached hydrogens (tertiary/aromatic N) is 2. The fourth-order valence-corrected chi connectivity index (χ4v) is 2.23. The second-order valence-electron chi connectivity index (χ2n) is 3.09. The lowest BCUT2D eigenvalue weighted by Crippen LogP contribution is -2.31. The third-order valence-electron chi connectivity index (χ3n) is 1.86. The molecule has 1 heterocycles. The van der Waals surface area contributed by atoms with Gasteiger partial charge >= 0.3 is 0 Å². The minimum atomic E-state index is -3.92. The molecule has 0 aliphatic carbocycles. The highest BCUT2D eigenvalue weighted by molar-refractivity contribution is 7.89. The summed E-state index contributed by atoms with van der Waals surface area (Å²) in [6, 6.07) is 2.32. The highest BCUT2D eigenvalue weighted by Crippen LogP contribution is 2.16. The van der Waals surface area contributed by atoms with Crippen LogP contribution in [0.4, 0.5) is 14.6 Å². The normalized spacial score (nSPS) is 12.3. The largest absolute Gasteiger partial charge is 0.384 e. The molecule has 0 atom stereocenters. The first-order valence-electron chi connectivity index (χ1n) is 4.30. The Balaban J connectivity index is 3.02. The lowest BCUT2D eigenvalue weighted by molar-refractivity contribution is 0.126. The van der Waals surface area contributed by atoms with Gasteiger partial charge in [-0.05, 0) is 6.07 Å². The molecule has 5 nitrogen and oxygen atoms in total. The van der Waals surface area contributed by atoms with Gasteiger partial charge in [0.15, 0.2) is 0 Å². The van der Waals surface area contributed by atoms with Gasteiger partial charge in [0.25, 0.3) is 6.43 Å². The van der Waals surface area contributed by atoms with Crippen molar-refractivity contribution in [2.24, 2.45) is 0 Å². The molecule has 0 radical (unpaired) electrons. The number of hydrogen-bond donors (Lipinski definition) is 1. The van der Waals surface area contributed by atoms with Crippen molar-refractivity contribution in [3.8, 4) is 0 Å². The Hall–Kier alpha value is -1.28. The molecule has 0 unspecified atom stereocenters. The number of hydrogen-bond acceptors (Lipinski definition) is 4. The Morgan fingerprint density at radius 2 is 2.19 bits per heavy atom. The minimum absolute atomic E-state index is 0.0199. The Kier molecular flexibility index (Phi) is 3.76. The smallest absolute Gasteiger partial charge is 0.252 e. The summed E-state index contributed by atoms with van der Waals surface area (Å²) in [4.78, 5) is 3.47. The summed E-state index contributed by atoms with van der Waals surface area (Å²) >= 11 is 0. The SMILES string of the molecule is CN(CC(F)F)S(=O)(=O)c1ccnc(N)c1. The molecule has 1 aromatic rings. The van der Waals surface area contributed by atoms with Crippen LogP contribution in [0.15, 0.2) is 23.2 Å². The molecule has 0 aliphatic heterocycles. The van der Waals surface area contributed by atoms with Gasteiger partial charge in [-0.15, -0.1) is 0 Å². The van der Waals surface area contributed by atoms with Gasteiger partial charge in [-0.1, -0.05) is 0 Å². The maximum Gasteiger partial charge on any atom is 0.252 e. The zero-order valence-corrected chi connectivity index (χ0v) is 9.29. The van der Waals surface area contributed by atoms with Gasteiger partial charge in [-0.3, -0.25) is 0 Å². The first-order valence-corrected chi connectivity index (χ1v) is 5.74. The van der Waals surface area contributed by atoms with Crippen molar-refractivity contribution in [2.45, 2.75) is 11.3 Å². The summed E-state index contributed by atoms with van der Waals surface area (Å²) in [6.07, 6.45) is -1.52. The maximum atomic E-state index is 12.1. The van der Waals surface area contributed by atoms with Gasteiger partial charge in [0.1, 0.15) is 5.82 Å². The Bertz CT molecular complexity index is 464. The quantitative estimate of drug-likeness (QED) is 0.847. The summed E-state index contributed by atoms with van der Waals surface area (Å²) in [7, 11) is -2.84. The number of nitrogen functional groups attached to an aromatic ring is 1. The van der Waals surface area contributed by atoms with Crippen molar-refractivity contribution in [1.82, 2.24) is 9.29 Å². The number of aromatic nitrogens is 1. The van der Waals surface area contributed by atoms with E-state index in [-0.39, 0.29) is 10.7 Å². The number of anilines is 1. The molecular weight excluding hydrogens is 240 g/mol. The lowest BCUT2D eigenvalue weighted by atomic mass is 10.5. The second kappa shape index (κ2) is 4.71. The molecule has 1 aromatic heterocycles. The number of sulfonamides is 1. The van der Waals surface area contributed by atoms with Gasteiger partial charge in [0.05, 0.1) is 11.4 Å². The molecular formula is C8H11F2N3O2S. The fourth-order valence-electron chi connectivity index (χ4n) is 1.06. The van der Waals surface area contributed by atoms with Crippen LogP contribution in [0.3, 0.4) is 0 Å². The van der Waals surface area contributed by atoms with Crippen molar-refractivity contribution < 1.29 is 17.2 Å². The topological polar surface area (TPSA) is 76.3 Å².